The van der Waals surface area contributed by atoms with Crippen LogP contribution in [0.5, 0.6) is 0 Å². The Hall–Kier alpha value is -2.90. The number of aliphatic carboxylic acids is 1. The first-order valence-corrected chi connectivity index (χ1v) is 11.5. The SMILES string of the molecule is N#CC1(C(N)=O)CC1[C@@]1(C(=O)O)CC[C@H](S(=O)(=O)c2ccc(-n3cccn3)cc2Cl)C1. The van der Waals surface area contributed by atoms with Crippen molar-refractivity contribution < 1.29 is 23.1 Å². The maximum absolute atomic E-state index is 13.3. The van der Waals surface area contributed by atoms with Crippen LogP contribution in [0.2, 0.25) is 5.02 Å². The minimum atomic E-state index is -3.95. The first-order chi connectivity index (χ1) is 14.6. The second-order valence-electron chi connectivity index (χ2n) is 8.14. The molecule has 3 N–H and O–H groups in total. The predicted molar refractivity (Wildman–Crippen MR) is 109 cm³/mol. The third-order valence-electron chi connectivity index (χ3n) is 6.63. The van der Waals surface area contributed by atoms with Gasteiger partial charge in [0.25, 0.3) is 0 Å². The lowest BCUT2D eigenvalue weighted by Gasteiger charge is -2.26. The highest BCUT2D eigenvalue weighted by molar-refractivity contribution is 7.92. The number of nitrogens with two attached hydrogens (primary N) is 1. The molecule has 0 saturated heterocycles. The van der Waals surface area contributed by atoms with E-state index in [-0.39, 0.29) is 35.6 Å². The Balaban J connectivity index is 1.64. The van der Waals surface area contributed by atoms with E-state index in [9.17, 15) is 28.4 Å². The van der Waals surface area contributed by atoms with E-state index >= 15 is 0 Å². The quantitative estimate of drug-likeness (QED) is 0.664. The molecule has 0 aliphatic heterocycles. The number of carbonyl (C=O) groups excluding carboxylic acids is 1. The van der Waals surface area contributed by atoms with Gasteiger partial charge in [0.1, 0.15) is 5.41 Å². The summed E-state index contributed by atoms with van der Waals surface area (Å²) in [5, 5.41) is 22.4. The number of benzene rings is 1. The van der Waals surface area contributed by atoms with Crippen molar-refractivity contribution >= 4 is 33.3 Å². The largest absolute Gasteiger partial charge is 0.481 e. The normalized spacial score (nSPS) is 29.9. The zero-order valence-corrected chi connectivity index (χ0v) is 17.8. The van der Waals surface area contributed by atoms with Gasteiger partial charge in [-0.05, 0) is 49.9 Å². The van der Waals surface area contributed by atoms with Gasteiger partial charge in [-0.2, -0.15) is 10.4 Å². The van der Waals surface area contributed by atoms with Gasteiger partial charge >= 0.3 is 5.97 Å². The van der Waals surface area contributed by atoms with Crippen LogP contribution in [0.4, 0.5) is 0 Å². The fourth-order valence-electron chi connectivity index (χ4n) is 4.80. The van der Waals surface area contributed by atoms with Gasteiger partial charge in [-0.15, -0.1) is 0 Å². The second-order valence-corrected chi connectivity index (χ2v) is 10.7. The van der Waals surface area contributed by atoms with Gasteiger partial charge in [0.05, 0.1) is 32.3 Å². The number of rotatable bonds is 6. The van der Waals surface area contributed by atoms with Crippen LogP contribution in [0.15, 0.2) is 41.6 Å². The van der Waals surface area contributed by atoms with Crippen LogP contribution in [0, 0.1) is 28.1 Å². The number of hydrogen-bond acceptors (Lipinski definition) is 6. The Morgan fingerprint density at radius 2 is 2.10 bits per heavy atom. The summed E-state index contributed by atoms with van der Waals surface area (Å²) in [5.41, 5.74) is 2.88. The standard InChI is InChI=1S/C20H19ClN4O5S/c21-14-8-12(25-7-1-6-24-25)2-3-15(14)31(29,30)13-4-5-19(9-13,18(27)28)16-10-20(16,11-22)17(23)26/h1-3,6-8,13,16H,4-5,9-10H2,(H2,23,26)(H,27,28)/t13-,16?,19+,20?/m0/s1. The van der Waals surface area contributed by atoms with Crippen LogP contribution in [0.1, 0.15) is 25.7 Å². The van der Waals surface area contributed by atoms with E-state index in [1.807, 2.05) is 6.07 Å². The van der Waals surface area contributed by atoms with Crippen molar-refractivity contribution in [2.24, 2.45) is 22.5 Å². The number of nitrogens with zero attached hydrogens (tertiary/aromatic N) is 3. The number of halogens is 1. The molecule has 2 fully saturated rings. The summed E-state index contributed by atoms with van der Waals surface area (Å²) >= 11 is 6.29. The molecule has 2 aliphatic carbocycles. The fourth-order valence-corrected chi connectivity index (χ4v) is 7.19. The molecule has 1 aromatic heterocycles. The lowest BCUT2D eigenvalue weighted by Crippen LogP contribution is -2.37. The summed E-state index contributed by atoms with van der Waals surface area (Å²) in [6.45, 7) is 0. The van der Waals surface area contributed by atoms with E-state index in [1.54, 1.807) is 24.5 Å². The molecule has 31 heavy (non-hydrogen) atoms. The number of sulfone groups is 1. The molecule has 1 heterocycles. The van der Waals surface area contributed by atoms with Crippen molar-refractivity contribution in [3.63, 3.8) is 0 Å². The van der Waals surface area contributed by atoms with Crippen LogP contribution >= 0.6 is 11.6 Å². The Labute approximate surface area is 183 Å². The molecule has 11 heteroatoms. The van der Waals surface area contributed by atoms with Gasteiger partial charge in [-0.25, -0.2) is 13.1 Å². The minimum Gasteiger partial charge on any atom is -0.481 e. The Bertz CT molecular complexity index is 1220. The summed E-state index contributed by atoms with van der Waals surface area (Å²) in [6, 6.07) is 8.01. The van der Waals surface area contributed by atoms with E-state index in [0.29, 0.717) is 5.69 Å². The maximum Gasteiger partial charge on any atom is 0.310 e. The third-order valence-corrected chi connectivity index (χ3v) is 9.30. The van der Waals surface area contributed by atoms with Gasteiger partial charge in [-0.1, -0.05) is 11.6 Å². The summed E-state index contributed by atoms with van der Waals surface area (Å²) in [6.07, 6.45) is 3.21. The number of nitriles is 1. The minimum absolute atomic E-state index is 0.00996. The predicted octanol–water partition coefficient (Wildman–Crippen LogP) is 1.94. The van der Waals surface area contributed by atoms with Crippen LogP contribution in [-0.4, -0.2) is 40.4 Å². The number of amides is 1. The van der Waals surface area contributed by atoms with Crippen LogP contribution in [0.25, 0.3) is 5.69 Å². The second kappa shape index (κ2) is 7.07. The van der Waals surface area contributed by atoms with Crippen molar-refractivity contribution in [1.82, 2.24) is 9.78 Å². The smallest absolute Gasteiger partial charge is 0.310 e. The van der Waals surface area contributed by atoms with Crippen LogP contribution < -0.4 is 5.73 Å². The van der Waals surface area contributed by atoms with Crippen molar-refractivity contribution in [3.8, 4) is 11.8 Å². The molecule has 0 spiro atoms. The molecule has 9 nitrogen and oxygen atoms in total. The highest BCUT2D eigenvalue weighted by Crippen LogP contribution is 2.66. The lowest BCUT2D eigenvalue weighted by atomic mass is 9.77. The van der Waals surface area contributed by atoms with Crippen molar-refractivity contribution in [1.29, 1.82) is 5.26 Å². The molecular formula is C20H19ClN4O5S. The lowest BCUT2D eigenvalue weighted by molar-refractivity contribution is -0.150. The van der Waals surface area contributed by atoms with Crippen molar-refractivity contribution in [2.45, 2.75) is 35.8 Å². The topological polar surface area (TPSA) is 156 Å². The molecule has 2 aliphatic rings. The van der Waals surface area contributed by atoms with Gasteiger partial charge in [0.15, 0.2) is 9.84 Å². The van der Waals surface area contributed by atoms with Crippen LogP contribution in [0.3, 0.4) is 0 Å². The fraction of sp³-hybridized carbons (Fsp3) is 0.400. The van der Waals surface area contributed by atoms with E-state index in [2.05, 4.69) is 5.10 Å². The Kier molecular flexibility index (Phi) is 4.87. The van der Waals surface area contributed by atoms with Gasteiger partial charge < -0.3 is 10.8 Å². The molecule has 162 valence electrons. The Morgan fingerprint density at radius 3 is 2.61 bits per heavy atom. The molecule has 2 aromatic rings. The number of primary amides is 1. The van der Waals surface area contributed by atoms with Gasteiger partial charge in [0.2, 0.25) is 5.91 Å². The molecule has 1 amide bonds. The molecule has 1 aromatic carbocycles. The van der Waals surface area contributed by atoms with Gasteiger partial charge in [-0.3, -0.25) is 9.59 Å². The molecule has 4 atom stereocenters. The first kappa shape index (κ1) is 21.3. The highest BCUT2D eigenvalue weighted by atomic mass is 35.5. The number of carboxylic acids is 1. The summed E-state index contributed by atoms with van der Waals surface area (Å²) in [7, 11) is -3.95. The molecular weight excluding hydrogens is 444 g/mol. The molecule has 4 rings (SSSR count). The van der Waals surface area contributed by atoms with E-state index in [4.69, 9.17) is 17.3 Å². The third kappa shape index (κ3) is 3.11. The Morgan fingerprint density at radius 1 is 1.35 bits per heavy atom. The van der Waals surface area contributed by atoms with E-state index in [0.717, 1.165) is 0 Å². The summed E-state index contributed by atoms with van der Waals surface area (Å²) in [4.78, 5) is 23.9. The number of carboxylic acid groups (broad SMARTS) is 1. The van der Waals surface area contributed by atoms with Crippen molar-refractivity contribution in [3.05, 3.63) is 41.7 Å². The first-order valence-electron chi connectivity index (χ1n) is 9.56. The van der Waals surface area contributed by atoms with E-state index < -0.39 is 43.7 Å². The van der Waals surface area contributed by atoms with Crippen LogP contribution in [-0.2, 0) is 19.4 Å². The highest BCUT2D eigenvalue weighted by Gasteiger charge is 2.72. The van der Waals surface area contributed by atoms with Gasteiger partial charge in [0, 0.05) is 18.3 Å². The maximum atomic E-state index is 13.3. The summed E-state index contributed by atoms with van der Waals surface area (Å²) < 4.78 is 28.2. The average Bonchev–Trinajstić information content (AvgIpc) is 3.09. The molecule has 2 unspecified atom stereocenters. The molecule has 0 radical (unpaired) electrons. The zero-order chi connectivity index (χ0) is 22.6. The van der Waals surface area contributed by atoms with E-state index in [1.165, 1.54) is 16.8 Å². The van der Waals surface area contributed by atoms with Crippen molar-refractivity contribution in [2.75, 3.05) is 0 Å². The summed E-state index contributed by atoms with van der Waals surface area (Å²) in [5.74, 6) is -2.89. The number of aromatic nitrogens is 2. The zero-order valence-electron chi connectivity index (χ0n) is 16.2. The monoisotopic (exact) mass is 462 g/mol. The molecule has 0 bridgehead atoms. The average molecular weight is 463 g/mol. The number of carbonyl (C=O) groups is 2. The number of hydrogen-bond donors (Lipinski definition) is 2. The molecule has 2 saturated carbocycles.